The van der Waals surface area contributed by atoms with Crippen molar-refractivity contribution in [2.45, 2.75) is 92.4 Å². The average Bonchev–Trinajstić information content (AvgIpc) is 2.51. The Bertz CT molecular complexity index is 426. The summed E-state index contributed by atoms with van der Waals surface area (Å²) < 4.78 is 0. The Morgan fingerprint density at radius 2 is 1.50 bits per heavy atom. The molecule has 0 saturated heterocycles. The minimum absolute atomic E-state index is 0.363. The van der Waals surface area contributed by atoms with E-state index in [-0.39, 0.29) is 0 Å². The van der Waals surface area contributed by atoms with Gasteiger partial charge in [0.1, 0.15) is 5.75 Å². The van der Waals surface area contributed by atoms with Crippen molar-refractivity contribution in [1.82, 2.24) is 0 Å². The predicted molar refractivity (Wildman–Crippen MR) is 107 cm³/mol. The second kappa shape index (κ2) is 10.8. The van der Waals surface area contributed by atoms with E-state index in [0.29, 0.717) is 11.2 Å². The van der Waals surface area contributed by atoms with Crippen LogP contribution in [0.2, 0.25) is 0 Å². The van der Waals surface area contributed by atoms with Crippen molar-refractivity contribution in [3.05, 3.63) is 29.8 Å². The lowest BCUT2D eigenvalue weighted by atomic mass is 9.74. The summed E-state index contributed by atoms with van der Waals surface area (Å²) in [5.41, 5.74) is 1.78. The van der Waals surface area contributed by atoms with Gasteiger partial charge in [-0.15, -0.1) is 0 Å². The van der Waals surface area contributed by atoms with Gasteiger partial charge in [-0.1, -0.05) is 85.3 Å². The highest BCUT2D eigenvalue weighted by atomic mass is 16.3. The third kappa shape index (κ3) is 8.76. The molecular weight excluding hydrogens is 292 g/mol. The Balaban J connectivity index is 2.33. The molecule has 2 unspecified atom stereocenters. The average molecular weight is 333 g/mol. The van der Waals surface area contributed by atoms with Crippen LogP contribution in [-0.2, 0) is 6.42 Å². The lowest BCUT2D eigenvalue weighted by Gasteiger charge is -2.31. The molecule has 0 spiro atoms. The summed E-state index contributed by atoms with van der Waals surface area (Å²) in [7, 11) is 0. The van der Waals surface area contributed by atoms with Crippen LogP contribution in [0.4, 0.5) is 0 Å². The highest BCUT2D eigenvalue weighted by Gasteiger charge is 2.23. The molecule has 1 heteroatoms. The third-order valence-electron chi connectivity index (χ3n) is 5.40. The van der Waals surface area contributed by atoms with E-state index in [1.165, 1.54) is 56.9 Å². The van der Waals surface area contributed by atoms with Crippen LogP contribution in [0.1, 0.15) is 91.5 Å². The molecule has 0 aromatic heterocycles. The summed E-state index contributed by atoms with van der Waals surface area (Å²) in [4.78, 5) is 0. The number of unbranched alkanes of at least 4 members (excludes halogenated alkanes) is 3. The number of phenolic OH excluding ortho intramolecular Hbond substituents is 1. The molecule has 1 aromatic rings. The molecule has 0 aliphatic carbocycles. The maximum absolute atomic E-state index is 9.37. The first-order valence-corrected chi connectivity index (χ1v) is 10.1. The fourth-order valence-electron chi connectivity index (χ4n) is 3.68. The maximum Gasteiger partial charge on any atom is 0.115 e. The van der Waals surface area contributed by atoms with Crippen LogP contribution >= 0.6 is 0 Å². The molecule has 0 aliphatic heterocycles. The van der Waals surface area contributed by atoms with Crippen LogP contribution in [-0.4, -0.2) is 5.11 Å². The van der Waals surface area contributed by atoms with Crippen molar-refractivity contribution in [3.8, 4) is 5.75 Å². The van der Waals surface area contributed by atoms with Crippen LogP contribution in [0.25, 0.3) is 0 Å². The van der Waals surface area contributed by atoms with Crippen molar-refractivity contribution in [2.75, 3.05) is 0 Å². The topological polar surface area (TPSA) is 20.2 Å². The van der Waals surface area contributed by atoms with Crippen molar-refractivity contribution < 1.29 is 5.11 Å². The molecule has 2 atom stereocenters. The molecule has 0 radical (unpaired) electrons. The first kappa shape index (κ1) is 21.1. The van der Waals surface area contributed by atoms with Crippen molar-refractivity contribution >= 4 is 0 Å². The van der Waals surface area contributed by atoms with Gasteiger partial charge in [0.05, 0.1) is 0 Å². The highest BCUT2D eigenvalue weighted by Crippen LogP contribution is 2.35. The molecule has 1 aromatic carbocycles. The Morgan fingerprint density at radius 3 is 2.08 bits per heavy atom. The fourth-order valence-corrected chi connectivity index (χ4v) is 3.68. The Morgan fingerprint density at radius 1 is 0.875 bits per heavy atom. The summed E-state index contributed by atoms with van der Waals surface area (Å²) in [6, 6.07) is 7.71. The van der Waals surface area contributed by atoms with Gasteiger partial charge in [0.15, 0.2) is 0 Å². The number of rotatable bonds is 11. The smallest absolute Gasteiger partial charge is 0.115 e. The zero-order chi connectivity index (χ0) is 18.0. The minimum atomic E-state index is 0.363. The molecule has 1 N–H and O–H groups in total. The Hall–Kier alpha value is -0.980. The molecule has 0 fully saturated rings. The van der Waals surface area contributed by atoms with Crippen molar-refractivity contribution in [2.24, 2.45) is 17.3 Å². The molecule has 1 rings (SSSR count). The lowest BCUT2D eigenvalue weighted by molar-refractivity contribution is 0.198. The first-order chi connectivity index (χ1) is 11.3. The van der Waals surface area contributed by atoms with Gasteiger partial charge in [-0.05, 0) is 54.2 Å². The van der Waals surface area contributed by atoms with Gasteiger partial charge in [0.25, 0.3) is 0 Å². The van der Waals surface area contributed by atoms with Crippen molar-refractivity contribution in [1.29, 1.82) is 0 Å². The normalized spacial score (nSPS) is 14.5. The second-order valence-corrected chi connectivity index (χ2v) is 8.82. The molecule has 1 nitrogen and oxygen atoms in total. The van der Waals surface area contributed by atoms with Gasteiger partial charge in [-0.3, -0.25) is 0 Å². The molecule has 138 valence electrons. The molecule has 0 saturated carbocycles. The molecular formula is C23H40O. The number of benzene rings is 1. The van der Waals surface area contributed by atoms with E-state index in [2.05, 4.69) is 46.8 Å². The van der Waals surface area contributed by atoms with Gasteiger partial charge >= 0.3 is 0 Å². The Kier molecular flexibility index (Phi) is 9.48. The van der Waals surface area contributed by atoms with E-state index >= 15 is 0 Å². The van der Waals surface area contributed by atoms with Crippen LogP contribution in [0, 0.1) is 17.3 Å². The van der Waals surface area contributed by atoms with Gasteiger partial charge in [0, 0.05) is 0 Å². The van der Waals surface area contributed by atoms with Gasteiger partial charge in [-0.25, -0.2) is 0 Å². The van der Waals surface area contributed by atoms with E-state index < -0.39 is 0 Å². The molecule has 0 heterocycles. The fraction of sp³-hybridized carbons (Fsp3) is 0.739. The van der Waals surface area contributed by atoms with E-state index in [9.17, 15) is 5.11 Å². The van der Waals surface area contributed by atoms with Crippen LogP contribution in [0.5, 0.6) is 5.75 Å². The number of hydrogen-bond donors (Lipinski definition) is 1. The van der Waals surface area contributed by atoms with Crippen LogP contribution in [0.3, 0.4) is 0 Å². The SMILES string of the molecule is CCCCCCC(CCCC(C)Cc1ccc(O)cc1)C(C)(C)C. The highest BCUT2D eigenvalue weighted by molar-refractivity contribution is 5.26. The van der Waals surface area contributed by atoms with Crippen LogP contribution < -0.4 is 0 Å². The summed E-state index contributed by atoms with van der Waals surface area (Å²) in [6.07, 6.45) is 12.1. The van der Waals surface area contributed by atoms with E-state index in [1.54, 1.807) is 12.1 Å². The molecule has 0 bridgehead atoms. The quantitative estimate of drug-likeness (QED) is 0.419. The summed E-state index contributed by atoms with van der Waals surface area (Å²) in [6.45, 7) is 11.9. The maximum atomic E-state index is 9.37. The molecule has 0 aliphatic rings. The van der Waals surface area contributed by atoms with Crippen molar-refractivity contribution in [3.63, 3.8) is 0 Å². The van der Waals surface area contributed by atoms with Gasteiger partial charge in [0.2, 0.25) is 0 Å². The minimum Gasteiger partial charge on any atom is -0.508 e. The van der Waals surface area contributed by atoms with Gasteiger partial charge in [-0.2, -0.15) is 0 Å². The lowest BCUT2D eigenvalue weighted by Crippen LogP contribution is -2.20. The monoisotopic (exact) mass is 332 g/mol. The number of phenols is 1. The molecule has 0 amide bonds. The van der Waals surface area contributed by atoms with E-state index in [4.69, 9.17) is 0 Å². The van der Waals surface area contributed by atoms with Gasteiger partial charge < -0.3 is 5.11 Å². The summed E-state index contributed by atoms with van der Waals surface area (Å²) >= 11 is 0. The Labute approximate surface area is 150 Å². The number of hydrogen-bond acceptors (Lipinski definition) is 1. The first-order valence-electron chi connectivity index (χ1n) is 10.1. The standard InChI is InChI=1S/C23H40O/c1-6-7-8-9-12-21(23(3,4)5)13-10-11-19(2)18-20-14-16-22(24)17-15-20/h14-17,19,21,24H,6-13,18H2,1-5H3. The summed E-state index contributed by atoms with van der Waals surface area (Å²) in [5, 5.41) is 9.37. The predicted octanol–water partition coefficient (Wildman–Crippen LogP) is 7.37. The number of aromatic hydroxyl groups is 1. The largest absolute Gasteiger partial charge is 0.508 e. The zero-order valence-electron chi connectivity index (χ0n) is 16.8. The third-order valence-corrected chi connectivity index (χ3v) is 5.40. The molecule has 24 heavy (non-hydrogen) atoms. The second-order valence-electron chi connectivity index (χ2n) is 8.82. The zero-order valence-corrected chi connectivity index (χ0v) is 16.8. The van der Waals surface area contributed by atoms with E-state index in [0.717, 1.165) is 18.3 Å². The van der Waals surface area contributed by atoms with Crippen LogP contribution in [0.15, 0.2) is 24.3 Å². The summed E-state index contributed by atoms with van der Waals surface area (Å²) in [5.74, 6) is 1.94. The van der Waals surface area contributed by atoms with E-state index in [1.807, 2.05) is 0 Å².